The molecule has 0 aromatic carbocycles. The van der Waals surface area contributed by atoms with Crippen LogP contribution < -0.4 is 5.32 Å². The zero-order valence-corrected chi connectivity index (χ0v) is 8.30. The summed E-state index contributed by atoms with van der Waals surface area (Å²) < 4.78 is 4.88. The summed E-state index contributed by atoms with van der Waals surface area (Å²) in [6.45, 7) is 4.63. The van der Waals surface area contributed by atoms with Gasteiger partial charge in [0.15, 0.2) is 0 Å². The molecule has 0 aliphatic heterocycles. The predicted octanol–water partition coefficient (Wildman–Crippen LogP) is 0.941. The Bertz CT molecular complexity index is 184. The number of rotatable bonds is 6. The van der Waals surface area contributed by atoms with Crippen LogP contribution in [0.15, 0.2) is 0 Å². The third-order valence-corrected chi connectivity index (χ3v) is 1.60. The zero-order chi connectivity index (χ0) is 10.1. The zero-order valence-electron chi connectivity index (χ0n) is 8.30. The van der Waals surface area contributed by atoms with Gasteiger partial charge in [-0.05, 0) is 13.3 Å². The maximum atomic E-state index is 11.3. The molecule has 1 atom stereocenters. The predicted molar refractivity (Wildman–Crippen MR) is 52.2 cm³/mol. The van der Waals surface area contributed by atoms with Crippen LogP contribution in [0.1, 0.15) is 26.7 Å². The monoisotopic (exact) mass is 183 g/mol. The Morgan fingerprint density at radius 1 is 1.62 bits per heavy atom. The lowest BCUT2D eigenvalue weighted by Gasteiger charge is -2.14. The van der Waals surface area contributed by atoms with E-state index < -0.39 is 0 Å². The molecule has 1 unspecified atom stereocenters. The molecular formula is C10H17NO2. The van der Waals surface area contributed by atoms with Gasteiger partial charge in [0, 0.05) is 0 Å². The minimum Gasteiger partial charge on any atom is -0.465 e. The smallest absolute Gasteiger partial charge is 0.323 e. The highest BCUT2D eigenvalue weighted by Crippen LogP contribution is 1.98. The number of carbonyl (C=O) groups excluding carboxylic acids is 1. The molecular weight excluding hydrogens is 166 g/mol. The minimum absolute atomic E-state index is 0.209. The van der Waals surface area contributed by atoms with Crippen molar-refractivity contribution in [3.63, 3.8) is 0 Å². The van der Waals surface area contributed by atoms with E-state index in [9.17, 15) is 4.79 Å². The van der Waals surface area contributed by atoms with Gasteiger partial charge in [0.2, 0.25) is 0 Å². The van der Waals surface area contributed by atoms with E-state index in [1.165, 1.54) is 0 Å². The van der Waals surface area contributed by atoms with E-state index in [0.29, 0.717) is 13.2 Å². The fourth-order valence-electron chi connectivity index (χ4n) is 1.02. The summed E-state index contributed by atoms with van der Waals surface area (Å²) >= 11 is 0. The van der Waals surface area contributed by atoms with E-state index >= 15 is 0 Å². The molecule has 0 aliphatic carbocycles. The molecule has 3 nitrogen and oxygen atoms in total. The molecule has 0 aromatic heterocycles. The van der Waals surface area contributed by atoms with Gasteiger partial charge in [-0.15, -0.1) is 6.42 Å². The molecule has 0 rings (SSSR count). The second-order valence-corrected chi connectivity index (χ2v) is 2.68. The van der Waals surface area contributed by atoms with Crippen molar-refractivity contribution in [2.75, 3.05) is 13.2 Å². The molecule has 13 heavy (non-hydrogen) atoms. The van der Waals surface area contributed by atoms with E-state index in [-0.39, 0.29) is 12.0 Å². The van der Waals surface area contributed by atoms with Crippen molar-refractivity contribution in [1.82, 2.24) is 5.32 Å². The van der Waals surface area contributed by atoms with Crippen molar-refractivity contribution in [3.05, 3.63) is 0 Å². The Hall–Kier alpha value is -1.01. The van der Waals surface area contributed by atoms with Crippen molar-refractivity contribution in [3.8, 4) is 12.3 Å². The van der Waals surface area contributed by atoms with Gasteiger partial charge < -0.3 is 4.74 Å². The lowest BCUT2D eigenvalue weighted by molar-refractivity contribution is -0.145. The van der Waals surface area contributed by atoms with Crippen molar-refractivity contribution >= 4 is 5.97 Å². The molecule has 3 heteroatoms. The third-order valence-electron chi connectivity index (χ3n) is 1.60. The fourth-order valence-corrected chi connectivity index (χ4v) is 1.02. The van der Waals surface area contributed by atoms with Gasteiger partial charge in [0.05, 0.1) is 13.2 Å². The molecule has 0 bridgehead atoms. The van der Waals surface area contributed by atoms with Crippen LogP contribution in [0.25, 0.3) is 0 Å². The maximum Gasteiger partial charge on any atom is 0.323 e. The summed E-state index contributed by atoms with van der Waals surface area (Å²) in [5, 5.41) is 2.94. The normalized spacial score (nSPS) is 11.8. The van der Waals surface area contributed by atoms with E-state index in [2.05, 4.69) is 11.2 Å². The van der Waals surface area contributed by atoms with Gasteiger partial charge in [-0.3, -0.25) is 10.1 Å². The van der Waals surface area contributed by atoms with E-state index in [1.54, 1.807) is 6.92 Å². The number of hydrogen-bond donors (Lipinski definition) is 1. The molecule has 0 aliphatic rings. The Labute approximate surface area is 79.8 Å². The molecule has 1 N–H and O–H groups in total. The summed E-state index contributed by atoms with van der Waals surface area (Å²) in [5.41, 5.74) is 0. The molecule has 0 saturated carbocycles. The van der Waals surface area contributed by atoms with Gasteiger partial charge in [-0.25, -0.2) is 0 Å². The van der Waals surface area contributed by atoms with Crippen molar-refractivity contribution in [1.29, 1.82) is 0 Å². The number of hydrogen-bond acceptors (Lipinski definition) is 3. The second-order valence-electron chi connectivity index (χ2n) is 2.68. The molecule has 0 saturated heterocycles. The molecule has 0 radical (unpaired) electrons. The van der Waals surface area contributed by atoms with Crippen LogP contribution in [-0.4, -0.2) is 25.2 Å². The number of carbonyl (C=O) groups is 1. The summed E-state index contributed by atoms with van der Waals surface area (Å²) in [6, 6.07) is -0.249. The fraction of sp³-hybridized carbons (Fsp3) is 0.700. The van der Waals surface area contributed by atoms with Crippen LogP contribution in [0, 0.1) is 12.3 Å². The molecule has 0 fully saturated rings. The Balaban J connectivity index is 3.92. The first-order valence-corrected chi connectivity index (χ1v) is 4.59. The molecule has 74 valence electrons. The topological polar surface area (TPSA) is 38.3 Å². The number of nitrogens with one attached hydrogen (secondary N) is 1. The van der Waals surface area contributed by atoms with Crippen molar-refractivity contribution in [2.45, 2.75) is 32.7 Å². The molecule has 0 spiro atoms. The average Bonchev–Trinajstić information content (AvgIpc) is 2.12. The van der Waals surface area contributed by atoms with Crippen LogP contribution in [0.4, 0.5) is 0 Å². The Morgan fingerprint density at radius 3 is 2.77 bits per heavy atom. The Kier molecular flexibility index (Phi) is 7.04. The van der Waals surface area contributed by atoms with E-state index in [4.69, 9.17) is 11.2 Å². The van der Waals surface area contributed by atoms with Crippen LogP contribution in [0.5, 0.6) is 0 Å². The SMILES string of the molecule is C#CCNC(CCC)C(=O)OCC. The highest BCUT2D eigenvalue weighted by atomic mass is 16.5. The van der Waals surface area contributed by atoms with Gasteiger partial charge in [-0.1, -0.05) is 19.3 Å². The van der Waals surface area contributed by atoms with Gasteiger partial charge in [0.1, 0.15) is 6.04 Å². The summed E-state index contributed by atoms with van der Waals surface area (Å²) in [7, 11) is 0. The quantitative estimate of drug-likeness (QED) is 0.492. The van der Waals surface area contributed by atoms with E-state index in [1.807, 2.05) is 6.92 Å². The highest BCUT2D eigenvalue weighted by molar-refractivity contribution is 5.75. The van der Waals surface area contributed by atoms with Crippen LogP contribution in [0.2, 0.25) is 0 Å². The maximum absolute atomic E-state index is 11.3. The van der Waals surface area contributed by atoms with Gasteiger partial charge >= 0.3 is 5.97 Å². The number of ether oxygens (including phenoxy) is 1. The first-order valence-electron chi connectivity index (χ1n) is 4.59. The molecule has 0 aromatic rings. The molecule has 0 amide bonds. The lowest BCUT2D eigenvalue weighted by atomic mass is 10.2. The van der Waals surface area contributed by atoms with Gasteiger partial charge in [0.25, 0.3) is 0 Å². The summed E-state index contributed by atoms with van der Waals surface area (Å²) in [5.74, 6) is 2.23. The van der Waals surface area contributed by atoms with Crippen molar-refractivity contribution < 1.29 is 9.53 Å². The van der Waals surface area contributed by atoms with Crippen LogP contribution in [-0.2, 0) is 9.53 Å². The first kappa shape index (κ1) is 12.0. The van der Waals surface area contributed by atoms with Crippen LogP contribution >= 0.6 is 0 Å². The number of esters is 1. The Morgan fingerprint density at radius 2 is 2.31 bits per heavy atom. The highest BCUT2D eigenvalue weighted by Gasteiger charge is 2.16. The number of terminal acetylenes is 1. The molecule has 0 heterocycles. The average molecular weight is 183 g/mol. The second kappa shape index (κ2) is 7.63. The van der Waals surface area contributed by atoms with E-state index in [0.717, 1.165) is 12.8 Å². The lowest BCUT2D eigenvalue weighted by Crippen LogP contribution is -2.38. The van der Waals surface area contributed by atoms with Crippen LogP contribution in [0.3, 0.4) is 0 Å². The standard InChI is InChI=1S/C10H17NO2/c1-4-7-9(11-8-5-2)10(12)13-6-3/h2,9,11H,4,6-8H2,1,3H3. The largest absolute Gasteiger partial charge is 0.465 e. The first-order chi connectivity index (χ1) is 6.26. The summed E-state index contributed by atoms with van der Waals surface area (Å²) in [4.78, 5) is 11.3. The van der Waals surface area contributed by atoms with Crippen molar-refractivity contribution in [2.24, 2.45) is 0 Å². The third kappa shape index (κ3) is 5.26. The minimum atomic E-state index is -0.249. The van der Waals surface area contributed by atoms with Gasteiger partial charge in [-0.2, -0.15) is 0 Å². The summed E-state index contributed by atoms with van der Waals surface area (Å²) in [6.07, 6.45) is 6.78.